The fourth-order valence-electron chi connectivity index (χ4n) is 2.74. The Bertz CT molecular complexity index is 870. The van der Waals surface area contributed by atoms with Crippen molar-refractivity contribution < 1.29 is 8.42 Å². The van der Waals surface area contributed by atoms with E-state index in [9.17, 15) is 13.7 Å². The second-order valence-corrected chi connectivity index (χ2v) is 7.49. The molecule has 24 heavy (non-hydrogen) atoms. The van der Waals surface area contributed by atoms with Gasteiger partial charge in [0.2, 0.25) is 0 Å². The molecular formula is C15H18N6O2S. The van der Waals surface area contributed by atoms with E-state index >= 15 is 0 Å². The van der Waals surface area contributed by atoms with Gasteiger partial charge in [-0.3, -0.25) is 0 Å². The number of nitriles is 1. The molecule has 1 aliphatic heterocycles. The smallest absolute Gasteiger partial charge is 0.262 e. The summed E-state index contributed by atoms with van der Waals surface area (Å²) in [5.41, 5.74) is 0.499. The third-order valence-electron chi connectivity index (χ3n) is 3.95. The molecule has 1 saturated heterocycles. The molecule has 1 fully saturated rings. The Labute approximate surface area is 141 Å². The third-order valence-corrected chi connectivity index (χ3v) is 5.73. The van der Waals surface area contributed by atoms with Gasteiger partial charge in [0.1, 0.15) is 11.9 Å². The molecule has 0 amide bonds. The van der Waals surface area contributed by atoms with Gasteiger partial charge in [0.05, 0.1) is 11.9 Å². The number of hydrogen-bond donors (Lipinski definition) is 0. The van der Waals surface area contributed by atoms with Crippen LogP contribution in [0.4, 0.5) is 5.82 Å². The predicted octanol–water partition coefficient (Wildman–Crippen LogP) is 0.588. The molecule has 0 radical (unpaired) electrons. The molecule has 2 aromatic rings. The summed E-state index contributed by atoms with van der Waals surface area (Å²) < 4.78 is 28.4. The number of imidazole rings is 1. The van der Waals surface area contributed by atoms with Gasteiger partial charge < -0.3 is 9.47 Å². The van der Waals surface area contributed by atoms with Crippen LogP contribution in [0.15, 0.2) is 35.9 Å². The number of hydrogen-bond acceptors (Lipinski definition) is 6. The maximum Gasteiger partial charge on any atom is 0.262 e. The van der Waals surface area contributed by atoms with E-state index in [1.54, 1.807) is 29.9 Å². The first-order valence-electron chi connectivity index (χ1n) is 7.60. The lowest BCUT2D eigenvalue weighted by molar-refractivity contribution is 0.431. The molecule has 2 aromatic heterocycles. The standard InChI is InChI=1S/C15H18N6O2S/c1-19-11-14(18-12-19)24(22,23)21-7-3-6-20(8-9-21)15-13(10-16)4-2-5-17-15/h2,4-5,11-12H,3,6-9H2,1H3. The molecule has 8 nitrogen and oxygen atoms in total. The zero-order chi connectivity index (χ0) is 17.2. The van der Waals surface area contributed by atoms with Crippen molar-refractivity contribution in [2.45, 2.75) is 11.4 Å². The minimum absolute atomic E-state index is 0.0639. The van der Waals surface area contributed by atoms with Gasteiger partial charge in [-0.1, -0.05) is 0 Å². The lowest BCUT2D eigenvalue weighted by Crippen LogP contribution is -2.35. The Morgan fingerprint density at radius 1 is 1.21 bits per heavy atom. The molecule has 3 rings (SSSR count). The average Bonchev–Trinajstić information content (AvgIpc) is 2.88. The Balaban J connectivity index is 1.80. The third kappa shape index (κ3) is 3.11. The van der Waals surface area contributed by atoms with Gasteiger partial charge in [-0.25, -0.2) is 18.4 Å². The topological polar surface area (TPSA) is 95.1 Å². The van der Waals surface area contributed by atoms with Crippen LogP contribution in [-0.4, -0.2) is 53.4 Å². The molecule has 0 saturated carbocycles. The minimum atomic E-state index is -3.60. The van der Waals surface area contributed by atoms with Gasteiger partial charge in [0, 0.05) is 45.6 Å². The van der Waals surface area contributed by atoms with Crippen LogP contribution < -0.4 is 4.90 Å². The van der Waals surface area contributed by atoms with Crippen LogP contribution in [0.1, 0.15) is 12.0 Å². The summed E-state index contributed by atoms with van der Waals surface area (Å²) in [7, 11) is -1.86. The van der Waals surface area contributed by atoms with Crippen LogP contribution >= 0.6 is 0 Å². The Hall–Kier alpha value is -2.44. The highest BCUT2D eigenvalue weighted by Crippen LogP contribution is 2.21. The van der Waals surface area contributed by atoms with E-state index in [4.69, 9.17) is 0 Å². The van der Waals surface area contributed by atoms with Gasteiger partial charge in [0.25, 0.3) is 10.0 Å². The number of sulfonamides is 1. The largest absolute Gasteiger partial charge is 0.354 e. The van der Waals surface area contributed by atoms with Crippen molar-refractivity contribution in [1.82, 2.24) is 18.8 Å². The fourth-order valence-corrected chi connectivity index (χ4v) is 4.17. The highest BCUT2D eigenvalue weighted by Gasteiger charge is 2.29. The van der Waals surface area contributed by atoms with Crippen molar-refractivity contribution in [3.05, 3.63) is 36.4 Å². The maximum absolute atomic E-state index is 12.7. The van der Waals surface area contributed by atoms with E-state index in [2.05, 4.69) is 16.0 Å². The summed E-state index contributed by atoms with van der Waals surface area (Å²) in [5, 5.41) is 9.28. The predicted molar refractivity (Wildman–Crippen MR) is 87.7 cm³/mol. The molecule has 0 atom stereocenters. The normalized spacial score (nSPS) is 16.6. The Morgan fingerprint density at radius 2 is 2.04 bits per heavy atom. The van der Waals surface area contributed by atoms with E-state index in [-0.39, 0.29) is 5.03 Å². The number of aryl methyl sites for hydroxylation is 1. The van der Waals surface area contributed by atoms with Crippen LogP contribution in [0.3, 0.4) is 0 Å². The van der Waals surface area contributed by atoms with Crippen molar-refractivity contribution in [3.63, 3.8) is 0 Å². The maximum atomic E-state index is 12.7. The van der Waals surface area contributed by atoms with Crippen molar-refractivity contribution in [1.29, 1.82) is 5.26 Å². The van der Waals surface area contributed by atoms with Crippen molar-refractivity contribution in [2.24, 2.45) is 7.05 Å². The van der Waals surface area contributed by atoms with Crippen LogP contribution in [-0.2, 0) is 17.1 Å². The van der Waals surface area contributed by atoms with Crippen LogP contribution in [0.2, 0.25) is 0 Å². The first-order valence-corrected chi connectivity index (χ1v) is 9.04. The molecule has 126 valence electrons. The SMILES string of the molecule is Cn1cnc(S(=O)(=O)N2CCCN(c3ncccc3C#N)CC2)c1. The first-order chi connectivity index (χ1) is 11.5. The minimum Gasteiger partial charge on any atom is -0.354 e. The van der Waals surface area contributed by atoms with Crippen molar-refractivity contribution >= 4 is 15.8 Å². The molecule has 1 aliphatic rings. The number of pyridine rings is 1. The average molecular weight is 346 g/mol. The molecule has 0 unspecified atom stereocenters. The summed E-state index contributed by atoms with van der Waals surface area (Å²) in [6, 6.07) is 5.57. The molecule has 3 heterocycles. The Morgan fingerprint density at radius 3 is 2.75 bits per heavy atom. The van der Waals surface area contributed by atoms with Gasteiger partial charge in [-0.05, 0) is 18.6 Å². The molecule has 9 heteroatoms. The molecule has 0 bridgehead atoms. The lowest BCUT2D eigenvalue weighted by atomic mass is 10.2. The first kappa shape index (κ1) is 16.4. The van der Waals surface area contributed by atoms with E-state index in [1.807, 2.05) is 4.90 Å². The molecule has 0 aliphatic carbocycles. The Kier molecular flexibility index (Phi) is 4.51. The number of rotatable bonds is 3. The van der Waals surface area contributed by atoms with Crippen LogP contribution in [0.5, 0.6) is 0 Å². The van der Waals surface area contributed by atoms with E-state index < -0.39 is 10.0 Å². The number of anilines is 1. The number of nitrogens with zero attached hydrogens (tertiary/aromatic N) is 6. The summed E-state index contributed by atoms with van der Waals surface area (Å²) in [6.45, 7) is 1.89. The quantitative estimate of drug-likeness (QED) is 0.807. The zero-order valence-corrected chi connectivity index (χ0v) is 14.1. The van der Waals surface area contributed by atoms with Crippen molar-refractivity contribution in [2.75, 3.05) is 31.1 Å². The molecular weight excluding hydrogens is 328 g/mol. The fraction of sp³-hybridized carbons (Fsp3) is 0.400. The van der Waals surface area contributed by atoms with Crippen molar-refractivity contribution in [3.8, 4) is 6.07 Å². The molecule has 0 aromatic carbocycles. The number of aromatic nitrogens is 3. The highest BCUT2D eigenvalue weighted by atomic mass is 32.2. The van der Waals surface area contributed by atoms with Crippen LogP contribution in [0, 0.1) is 11.3 Å². The van der Waals surface area contributed by atoms with Gasteiger partial charge in [-0.15, -0.1) is 0 Å². The molecule has 0 N–H and O–H groups in total. The van der Waals surface area contributed by atoms with E-state index in [0.717, 1.165) is 0 Å². The van der Waals surface area contributed by atoms with E-state index in [0.29, 0.717) is 44.0 Å². The highest BCUT2D eigenvalue weighted by molar-refractivity contribution is 7.89. The summed E-state index contributed by atoms with van der Waals surface area (Å²) in [6.07, 6.45) is 5.28. The van der Waals surface area contributed by atoms with Gasteiger partial charge in [0.15, 0.2) is 5.03 Å². The second kappa shape index (κ2) is 6.59. The van der Waals surface area contributed by atoms with Gasteiger partial charge >= 0.3 is 0 Å². The van der Waals surface area contributed by atoms with Crippen LogP contribution in [0.25, 0.3) is 0 Å². The summed E-state index contributed by atoms with van der Waals surface area (Å²) in [5.74, 6) is 0.608. The monoisotopic (exact) mass is 346 g/mol. The lowest BCUT2D eigenvalue weighted by Gasteiger charge is -2.22. The second-order valence-electron chi connectivity index (χ2n) is 5.61. The zero-order valence-electron chi connectivity index (χ0n) is 13.3. The van der Waals surface area contributed by atoms with Gasteiger partial charge in [-0.2, -0.15) is 9.57 Å². The molecule has 0 spiro atoms. The summed E-state index contributed by atoms with van der Waals surface area (Å²) >= 11 is 0. The van der Waals surface area contributed by atoms with E-state index in [1.165, 1.54) is 16.8 Å². The summed E-state index contributed by atoms with van der Waals surface area (Å²) in [4.78, 5) is 10.2.